The van der Waals surface area contributed by atoms with Crippen LogP contribution in [0, 0.1) is 5.41 Å². The molecule has 4 nitrogen and oxygen atoms in total. The van der Waals surface area contributed by atoms with Gasteiger partial charge in [0.15, 0.2) is 0 Å². The Bertz CT molecular complexity index is 298. The SMILES string of the molecule is CCC1(C)CCN(CCCC(C)(NC)C(N)=O)CC1. The average molecular weight is 269 g/mol. The van der Waals surface area contributed by atoms with Gasteiger partial charge in [-0.3, -0.25) is 4.79 Å². The molecule has 1 rings (SSSR count). The minimum atomic E-state index is -0.562. The summed E-state index contributed by atoms with van der Waals surface area (Å²) in [6, 6.07) is 0. The maximum absolute atomic E-state index is 11.4. The van der Waals surface area contributed by atoms with Crippen LogP contribution >= 0.6 is 0 Å². The third kappa shape index (κ3) is 4.46. The topological polar surface area (TPSA) is 58.4 Å². The molecule has 1 fully saturated rings. The molecule has 3 N–H and O–H groups in total. The molecule has 1 amide bonds. The van der Waals surface area contributed by atoms with Crippen LogP contribution in [0.2, 0.25) is 0 Å². The second kappa shape index (κ2) is 6.71. The summed E-state index contributed by atoms with van der Waals surface area (Å²) >= 11 is 0. The van der Waals surface area contributed by atoms with Crippen molar-refractivity contribution in [1.82, 2.24) is 10.2 Å². The van der Waals surface area contributed by atoms with Crippen LogP contribution in [-0.4, -0.2) is 43.0 Å². The zero-order valence-electron chi connectivity index (χ0n) is 13.1. The predicted molar refractivity (Wildman–Crippen MR) is 80.0 cm³/mol. The maximum atomic E-state index is 11.4. The van der Waals surface area contributed by atoms with Gasteiger partial charge in [0, 0.05) is 0 Å². The Hall–Kier alpha value is -0.610. The molecule has 1 heterocycles. The number of nitrogens with two attached hydrogens (primary N) is 1. The van der Waals surface area contributed by atoms with Gasteiger partial charge in [0.05, 0.1) is 5.54 Å². The Morgan fingerprint density at radius 1 is 1.42 bits per heavy atom. The highest BCUT2D eigenvalue weighted by atomic mass is 16.1. The largest absolute Gasteiger partial charge is 0.368 e. The molecule has 0 aromatic carbocycles. The van der Waals surface area contributed by atoms with Crippen molar-refractivity contribution in [3.8, 4) is 0 Å². The van der Waals surface area contributed by atoms with Crippen LogP contribution in [0.1, 0.15) is 52.9 Å². The van der Waals surface area contributed by atoms with Crippen LogP contribution in [0.5, 0.6) is 0 Å². The summed E-state index contributed by atoms with van der Waals surface area (Å²) in [5.41, 5.74) is 5.42. The molecule has 1 atom stereocenters. The number of primary amides is 1. The summed E-state index contributed by atoms with van der Waals surface area (Å²) in [5.74, 6) is -0.257. The number of likely N-dealkylation sites (N-methyl/N-ethyl adjacent to an activating group) is 1. The van der Waals surface area contributed by atoms with Crippen molar-refractivity contribution in [2.45, 2.75) is 58.4 Å². The lowest BCUT2D eigenvalue weighted by molar-refractivity contribution is -0.123. The zero-order chi connectivity index (χ0) is 14.5. The van der Waals surface area contributed by atoms with E-state index in [0.29, 0.717) is 5.41 Å². The van der Waals surface area contributed by atoms with E-state index in [1.165, 1.54) is 32.4 Å². The lowest BCUT2D eigenvalue weighted by Crippen LogP contribution is -2.51. The molecule has 0 aromatic heterocycles. The van der Waals surface area contributed by atoms with Crippen molar-refractivity contribution in [1.29, 1.82) is 0 Å². The third-order valence-electron chi connectivity index (χ3n) is 5.16. The molecule has 0 aliphatic carbocycles. The number of carbonyl (C=O) groups is 1. The summed E-state index contributed by atoms with van der Waals surface area (Å²) in [6.07, 6.45) is 5.69. The minimum Gasteiger partial charge on any atom is -0.368 e. The maximum Gasteiger partial charge on any atom is 0.237 e. The molecule has 0 spiro atoms. The third-order valence-corrected chi connectivity index (χ3v) is 5.16. The lowest BCUT2D eigenvalue weighted by Gasteiger charge is -2.39. The first-order valence-corrected chi connectivity index (χ1v) is 7.56. The van der Waals surface area contributed by atoms with E-state index in [0.717, 1.165) is 19.4 Å². The van der Waals surface area contributed by atoms with Crippen LogP contribution in [0.15, 0.2) is 0 Å². The van der Waals surface area contributed by atoms with E-state index in [-0.39, 0.29) is 5.91 Å². The first-order chi connectivity index (χ1) is 8.85. The number of likely N-dealkylation sites (tertiary alicyclic amines) is 1. The van der Waals surface area contributed by atoms with Crippen molar-refractivity contribution in [2.75, 3.05) is 26.7 Å². The van der Waals surface area contributed by atoms with Gasteiger partial charge in [-0.15, -0.1) is 0 Å². The van der Waals surface area contributed by atoms with E-state index < -0.39 is 5.54 Å². The second-order valence-electron chi connectivity index (χ2n) is 6.56. The number of nitrogens with zero attached hydrogens (tertiary/aromatic N) is 1. The van der Waals surface area contributed by atoms with Gasteiger partial charge < -0.3 is 16.0 Å². The number of piperidine rings is 1. The van der Waals surface area contributed by atoms with E-state index in [1.807, 2.05) is 6.92 Å². The Kier molecular flexibility index (Phi) is 5.81. The van der Waals surface area contributed by atoms with Crippen molar-refractivity contribution < 1.29 is 4.79 Å². The van der Waals surface area contributed by atoms with Crippen LogP contribution in [-0.2, 0) is 4.79 Å². The summed E-state index contributed by atoms with van der Waals surface area (Å²) in [6.45, 7) is 10.0. The van der Waals surface area contributed by atoms with Gasteiger partial charge in [-0.25, -0.2) is 0 Å². The molecule has 112 valence electrons. The lowest BCUT2D eigenvalue weighted by atomic mass is 9.78. The molecule has 1 unspecified atom stereocenters. The van der Waals surface area contributed by atoms with Gasteiger partial charge in [-0.2, -0.15) is 0 Å². The van der Waals surface area contributed by atoms with E-state index in [1.54, 1.807) is 7.05 Å². The fourth-order valence-corrected chi connectivity index (χ4v) is 2.70. The molecule has 0 bridgehead atoms. The van der Waals surface area contributed by atoms with Crippen LogP contribution < -0.4 is 11.1 Å². The van der Waals surface area contributed by atoms with Gasteiger partial charge >= 0.3 is 0 Å². The molecule has 1 aliphatic rings. The monoisotopic (exact) mass is 269 g/mol. The van der Waals surface area contributed by atoms with E-state index in [9.17, 15) is 4.79 Å². The van der Waals surface area contributed by atoms with Crippen molar-refractivity contribution in [3.05, 3.63) is 0 Å². The van der Waals surface area contributed by atoms with Gasteiger partial charge in [0.1, 0.15) is 0 Å². The quantitative estimate of drug-likeness (QED) is 0.740. The molecule has 4 heteroatoms. The molecule has 0 radical (unpaired) electrons. The van der Waals surface area contributed by atoms with Crippen molar-refractivity contribution >= 4 is 5.91 Å². The molecule has 19 heavy (non-hydrogen) atoms. The Balaban J connectivity index is 2.30. The number of hydrogen-bond donors (Lipinski definition) is 2. The smallest absolute Gasteiger partial charge is 0.237 e. The van der Waals surface area contributed by atoms with Crippen molar-refractivity contribution in [3.63, 3.8) is 0 Å². The number of rotatable bonds is 7. The van der Waals surface area contributed by atoms with Crippen LogP contribution in [0.4, 0.5) is 0 Å². The summed E-state index contributed by atoms with van der Waals surface area (Å²) in [5, 5.41) is 3.04. The first-order valence-electron chi connectivity index (χ1n) is 7.56. The molecule has 0 saturated carbocycles. The number of nitrogens with one attached hydrogen (secondary N) is 1. The highest BCUT2D eigenvalue weighted by molar-refractivity contribution is 5.84. The Morgan fingerprint density at radius 3 is 2.42 bits per heavy atom. The van der Waals surface area contributed by atoms with Gasteiger partial charge in [-0.1, -0.05) is 20.3 Å². The zero-order valence-corrected chi connectivity index (χ0v) is 13.1. The molecule has 0 aromatic rings. The van der Waals surface area contributed by atoms with Crippen LogP contribution in [0.3, 0.4) is 0 Å². The van der Waals surface area contributed by atoms with E-state index in [2.05, 4.69) is 24.1 Å². The number of hydrogen-bond acceptors (Lipinski definition) is 3. The second-order valence-corrected chi connectivity index (χ2v) is 6.56. The van der Waals surface area contributed by atoms with E-state index >= 15 is 0 Å². The van der Waals surface area contributed by atoms with Gasteiger partial charge in [0.25, 0.3) is 0 Å². The minimum absolute atomic E-state index is 0.257. The Morgan fingerprint density at radius 2 is 2.00 bits per heavy atom. The first kappa shape index (κ1) is 16.4. The van der Waals surface area contributed by atoms with Gasteiger partial charge in [-0.05, 0) is 64.7 Å². The molecular formula is C15H31N3O. The highest BCUT2D eigenvalue weighted by Gasteiger charge is 2.30. The fourth-order valence-electron chi connectivity index (χ4n) is 2.70. The summed E-state index contributed by atoms with van der Waals surface area (Å²) in [4.78, 5) is 13.9. The highest BCUT2D eigenvalue weighted by Crippen LogP contribution is 2.33. The average Bonchev–Trinajstić information content (AvgIpc) is 2.40. The van der Waals surface area contributed by atoms with Crippen molar-refractivity contribution in [2.24, 2.45) is 11.1 Å². The normalized spacial score (nSPS) is 22.9. The molecule has 1 saturated heterocycles. The molecular weight excluding hydrogens is 238 g/mol. The fraction of sp³-hybridized carbons (Fsp3) is 0.933. The van der Waals surface area contributed by atoms with Gasteiger partial charge in [0.2, 0.25) is 5.91 Å². The standard InChI is InChI=1S/C15H31N3O/c1-5-14(2)8-11-18(12-9-14)10-6-7-15(3,17-4)13(16)19/h17H,5-12H2,1-4H3,(H2,16,19). The Labute approximate surface area is 118 Å². The summed E-state index contributed by atoms with van der Waals surface area (Å²) in [7, 11) is 1.80. The number of carbonyl (C=O) groups excluding carboxylic acids is 1. The van der Waals surface area contributed by atoms with Crippen LogP contribution in [0.25, 0.3) is 0 Å². The predicted octanol–water partition coefficient (Wildman–Crippen LogP) is 1.74. The van der Waals surface area contributed by atoms with E-state index in [4.69, 9.17) is 5.73 Å². The number of amides is 1. The molecule has 1 aliphatic heterocycles. The summed E-state index contributed by atoms with van der Waals surface area (Å²) < 4.78 is 0.